The lowest BCUT2D eigenvalue weighted by Crippen LogP contribution is -2.58. The Kier molecular flexibility index (Phi) is 7.23. The predicted octanol–water partition coefficient (Wildman–Crippen LogP) is 3.93. The number of benzene rings is 1. The molecule has 2 aromatic rings. The molecule has 2 fully saturated rings. The number of ether oxygens (including phenoxy) is 3. The van der Waals surface area contributed by atoms with Crippen LogP contribution in [0, 0.1) is 5.82 Å². The fraction of sp³-hybridized carbons (Fsp3) is 0.519. The first-order valence-corrected chi connectivity index (χ1v) is 13.3. The van der Waals surface area contributed by atoms with Crippen molar-refractivity contribution in [3.63, 3.8) is 0 Å². The van der Waals surface area contributed by atoms with E-state index in [-0.39, 0.29) is 77.4 Å². The van der Waals surface area contributed by atoms with E-state index in [1.807, 2.05) is 11.8 Å². The topological polar surface area (TPSA) is 105 Å². The minimum atomic E-state index is -0.712. The van der Waals surface area contributed by atoms with Crippen molar-refractivity contribution in [2.75, 3.05) is 50.9 Å². The van der Waals surface area contributed by atoms with Gasteiger partial charge < -0.3 is 34.0 Å². The van der Waals surface area contributed by atoms with E-state index in [4.69, 9.17) is 30.8 Å². The highest BCUT2D eigenvalue weighted by Crippen LogP contribution is 2.46. The number of hydrogen-bond acceptors (Lipinski definition) is 8. The lowest BCUT2D eigenvalue weighted by molar-refractivity contribution is 0.000950. The molecule has 4 heterocycles. The second-order valence-corrected chi connectivity index (χ2v) is 11.3. The molecule has 0 bridgehead atoms. The molecule has 39 heavy (non-hydrogen) atoms. The summed E-state index contributed by atoms with van der Waals surface area (Å²) in [5.74, 6) is -1.04. The van der Waals surface area contributed by atoms with Crippen molar-refractivity contribution in [3.8, 4) is 22.8 Å². The number of nitrogens with zero attached hydrogens (tertiary/aromatic N) is 4. The standard InChI is InChI=1S/C27H32ClFN4O6/c1-15-13-37-11-10-32(15)24-20-23(21(28)22(30-24)19-17(29)6-5-7-18(19)34)38-14-16-12-31(8-9-33(16)25(20)35)26(36)39-27(2,3)4/h5-7,15-16,34H,8-14H2,1-4H3/t15-,16-/m1/s1. The Morgan fingerprint density at radius 3 is 2.64 bits per heavy atom. The van der Waals surface area contributed by atoms with Crippen LogP contribution in [0.2, 0.25) is 5.02 Å². The number of piperazine rings is 1. The number of rotatable bonds is 2. The number of halogens is 2. The van der Waals surface area contributed by atoms with Crippen LogP contribution in [0.15, 0.2) is 18.2 Å². The maximum atomic E-state index is 15.0. The van der Waals surface area contributed by atoms with Crippen molar-refractivity contribution in [2.24, 2.45) is 0 Å². The molecule has 1 N–H and O–H groups in total. The van der Waals surface area contributed by atoms with E-state index in [0.717, 1.165) is 0 Å². The highest BCUT2D eigenvalue weighted by Gasteiger charge is 2.42. The van der Waals surface area contributed by atoms with Crippen LogP contribution < -0.4 is 9.64 Å². The van der Waals surface area contributed by atoms with Crippen molar-refractivity contribution in [1.29, 1.82) is 0 Å². The molecule has 3 aliphatic heterocycles. The molecule has 5 rings (SSSR count). The van der Waals surface area contributed by atoms with Gasteiger partial charge in [-0.2, -0.15) is 0 Å². The van der Waals surface area contributed by atoms with Crippen LogP contribution in [0.5, 0.6) is 11.5 Å². The number of carbonyl (C=O) groups is 2. The maximum Gasteiger partial charge on any atom is 0.410 e. The van der Waals surface area contributed by atoms with Gasteiger partial charge in [-0.15, -0.1) is 0 Å². The van der Waals surface area contributed by atoms with Gasteiger partial charge in [-0.05, 0) is 39.8 Å². The highest BCUT2D eigenvalue weighted by molar-refractivity contribution is 6.35. The number of aromatic hydroxyl groups is 1. The Labute approximate surface area is 231 Å². The number of morpholine rings is 1. The van der Waals surface area contributed by atoms with Gasteiger partial charge in [-0.3, -0.25) is 4.79 Å². The first-order chi connectivity index (χ1) is 18.5. The summed E-state index contributed by atoms with van der Waals surface area (Å²) in [6.07, 6.45) is -0.462. The third kappa shape index (κ3) is 5.17. The molecule has 12 heteroatoms. The average molecular weight is 563 g/mol. The summed E-state index contributed by atoms with van der Waals surface area (Å²) < 4.78 is 32.3. The number of anilines is 1. The molecular formula is C27H32ClFN4O6. The number of aromatic nitrogens is 1. The van der Waals surface area contributed by atoms with Crippen molar-refractivity contribution in [2.45, 2.75) is 45.4 Å². The molecule has 10 nitrogen and oxygen atoms in total. The summed E-state index contributed by atoms with van der Waals surface area (Å²) in [6.45, 7) is 9.39. The highest BCUT2D eigenvalue weighted by atomic mass is 35.5. The minimum absolute atomic E-state index is 0.0252. The number of phenolic OH excluding ortho intramolecular Hbond substituents is 1. The summed E-state index contributed by atoms with van der Waals surface area (Å²) in [5.41, 5.74) is -0.691. The van der Waals surface area contributed by atoms with Gasteiger partial charge in [0.05, 0.1) is 30.9 Å². The summed E-state index contributed by atoms with van der Waals surface area (Å²) in [7, 11) is 0. The molecular weight excluding hydrogens is 531 g/mol. The first-order valence-electron chi connectivity index (χ1n) is 12.9. The zero-order chi connectivity index (χ0) is 28.1. The second kappa shape index (κ2) is 10.3. The SMILES string of the molecule is C[C@@H]1COCCN1c1nc(-c2c(O)cccc2F)c(Cl)c2c1C(=O)N1CCN(C(=O)OC(C)(C)C)C[C@@H]1CO2. The second-order valence-electron chi connectivity index (χ2n) is 10.9. The zero-order valence-electron chi connectivity index (χ0n) is 22.4. The fourth-order valence-corrected chi connectivity index (χ4v) is 5.39. The summed E-state index contributed by atoms with van der Waals surface area (Å²) >= 11 is 6.78. The van der Waals surface area contributed by atoms with Gasteiger partial charge in [-0.1, -0.05) is 17.7 Å². The van der Waals surface area contributed by atoms with E-state index in [0.29, 0.717) is 19.8 Å². The van der Waals surface area contributed by atoms with Gasteiger partial charge >= 0.3 is 6.09 Å². The molecule has 3 aliphatic rings. The van der Waals surface area contributed by atoms with Gasteiger partial charge in [0.25, 0.3) is 5.91 Å². The molecule has 2 atom stereocenters. The number of carbonyl (C=O) groups excluding carboxylic acids is 2. The predicted molar refractivity (Wildman–Crippen MR) is 142 cm³/mol. The number of amides is 2. The van der Waals surface area contributed by atoms with E-state index in [1.54, 1.807) is 30.6 Å². The van der Waals surface area contributed by atoms with Crippen LogP contribution in [0.3, 0.4) is 0 Å². The average Bonchev–Trinajstić information content (AvgIpc) is 3.01. The molecule has 1 aromatic carbocycles. The fourth-order valence-electron chi connectivity index (χ4n) is 5.10. The monoisotopic (exact) mass is 562 g/mol. The van der Waals surface area contributed by atoms with Gasteiger partial charge in [0.2, 0.25) is 0 Å². The summed E-state index contributed by atoms with van der Waals surface area (Å²) in [4.78, 5) is 36.7. The lowest BCUT2D eigenvalue weighted by atomic mass is 10.0. The lowest BCUT2D eigenvalue weighted by Gasteiger charge is -2.40. The van der Waals surface area contributed by atoms with Gasteiger partial charge in [0.1, 0.15) is 45.9 Å². The molecule has 0 spiro atoms. The molecule has 210 valence electrons. The molecule has 0 radical (unpaired) electrons. The third-order valence-corrected chi connectivity index (χ3v) is 7.32. The molecule has 0 saturated carbocycles. The van der Waals surface area contributed by atoms with Crippen LogP contribution in [0.4, 0.5) is 15.0 Å². The number of hydrogen-bond donors (Lipinski definition) is 1. The van der Waals surface area contributed by atoms with Crippen LogP contribution in [-0.4, -0.2) is 95.6 Å². The molecule has 0 aliphatic carbocycles. The number of pyridine rings is 1. The molecule has 2 amide bonds. The number of fused-ring (bicyclic) bond motifs is 2. The van der Waals surface area contributed by atoms with Crippen LogP contribution in [0.1, 0.15) is 38.1 Å². The van der Waals surface area contributed by atoms with E-state index in [2.05, 4.69) is 0 Å². The van der Waals surface area contributed by atoms with E-state index >= 15 is 0 Å². The van der Waals surface area contributed by atoms with E-state index in [1.165, 1.54) is 18.2 Å². The van der Waals surface area contributed by atoms with Gasteiger partial charge in [0.15, 0.2) is 5.75 Å². The van der Waals surface area contributed by atoms with Crippen molar-refractivity contribution in [1.82, 2.24) is 14.8 Å². The van der Waals surface area contributed by atoms with Crippen molar-refractivity contribution in [3.05, 3.63) is 34.6 Å². The molecule has 2 saturated heterocycles. The normalized spacial score (nSPS) is 21.6. The Balaban J connectivity index is 1.59. The van der Waals surface area contributed by atoms with Gasteiger partial charge in [-0.25, -0.2) is 14.2 Å². The Morgan fingerprint density at radius 1 is 1.18 bits per heavy atom. The van der Waals surface area contributed by atoms with Crippen LogP contribution in [-0.2, 0) is 9.47 Å². The van der Waals surface area contributed by atoms with E-state index in [9.17, 15) is 19.1 Å². The molecule has 0 unspecified atom stereocenters. The molecule has 1 aromatic heterocycles. The van der Waals surface area contributed by atoms with E-state index < -0.39 is 23.6 Å². The Bertz CT molecular complexity index is 1280. The Hall–Kier alpha value is -3.31. The largest absolute Gasteiger partial charge is 0.507 e. The summed E-state index contributed by atoms with van der Waals surface area (Å²) in [6, 6.07) is 3.31. The number of phenols is 1. The minimum Gasteiger partial charge on any atom is -0.507 e. The maximum absolute atomic E-state index is 15.0. The van der Waals surface area contributed by atoms with Gasteiger partial charge in [0, 0.05) is 26.2 Å². The zero-order valence-corrected chi connectivity index (χ0v) is 23.1. The summed E-state index contributed by atoms with van der Waals surface area (Å²) in [5, 5.41) is 10.5. The quantitative estimate of drug-likeness (QED) is 0.587. The van der Waals surface area contributed by atoms with Crippen molar-refractivity contribution < 1.29 is 33.3 Å². The Morgan fingerprint density at radius 2 is 1.95 bits per heavy atom. The van der Waals surface area contributed by atoms with Crippen LogP contribution >= 0.6 is 11.6 Å². The first kappa shape index (κ1) is 27.3. The van der Waals surface area contributed by atoms with Crippen LogP contribution in [0.25, 0.3) is 11.3 Å². The smallest absolute Gasteiger partial charge is 0.410 e. The third-order valence-electron chi connectivity index (χ3n) is 6.97. The van der Waals surface area contributed by atoms with Crippen molar-refractivity contribution >= 4 is 29.4 Å².